The lowest BCUT2D eigenvalue weighted by Crippen LogP contribution is -2.38. The Hall–Kier alpha value is -1.92. The van der Waals surface area contributed by atoms with Gasteiger partial charge in [0.05, 0.1) is 0 Å². The predicted octanol–water partition coefficient (Wildman–Crippen LogP) is 3.63. The van der Waals surface area contributed by atoms with E-state index in [1.807, 2.05) is 12.1 Å². The van der Waals surface area contributed by atoms with E-state index >= 15 is 0 Å². The molecular formula is C17H17ClN2O3S. The number of rotatable bonds is 4. The van der Waals surface area contributed by atoms with Crippen molar-refractivity contribution in [2.45, 2.75) is 19.3 Å². The van der Waals surface area contributed by atoms with Crippen LogP contribution in [-0.4, -0.2) is 41.5 Å². The Bertz CT molecular complexity index is 741. The van der Waals surface area contributed by atoms with Gasteiger partial charge in [0.1, 0.15) is 5.01 Å². The molecule has 1 fully saturated rings. The summed E-state index contributed by atoms with van der Waals surface area (Å²) in [4.78, 5) is 30.1. The monoisotopic (exact) mass is 364 g/mol. The van der Waals surface area contributed by atoms with E-state index in [0.29, 0.717) is 10.0 Å². The van der Waals surface area contributed by atoms with Gasteiger partial charge >= 0.3 is 5.97 Å². The number of aromatic nitrogens is 1. The van der Waals surface area contributed by atoms with Crippen LogP contribution >= 0.6 is 22.9 Å². The number of esters is 1. The van der Waals surface area contributed by atoms with Crippen LogP contribution in [0.25, 0.3) is 10.6 Å². The van der Waals surface area contributed by atoms with Gasteiger partial charge in [0, 0.05) is 29.1 Å². The van der Waals surface area contributed by atoms with E-state index < -0.39 is 5.97 Å². The Morgan fingerprint density at radius 2 is 2.04 bits per heavy atom. The van der Waals surface area contributed by atoms with Crippen LogP contribution in [0.15, 0.2) is 29.6 Å². The van der Waals surface area contributed by atoms with E-state index in [1.54, 1.807) is 22.4 Å². The molecule has 24 heavy (non-hydrogen) atoms. The van der Waals surface area contributed by atoms with Crippen LogP contribution in [0, 0.1) is 0 Å². The van der Waals surface area contributed by atoms with Crippen molar-refractivity contribution < 1.29 is 14.3 Å². The van der Waals surface area contributed by atoms with Gasteiger partial charge in [-0.05, 0) is 31.4 Å². The summed E-state index contributed by atoms with van der Waals surface area (Å²) in [6, 6.07) is 7.27. The second-order valence-corrected chi connectivity index (χ2v) is 6.86. The first kappa shape index (κ1) is 16.9. The third-order valence-corrected chi connectivity index (χ3v) is 4.95. The predicted molar refractivity (Wildman–Crippen MR) is 93.3 cm³/mol. The van der Waals surface area contributed by atoms with Crippen molar-refractivity contribution in [2.75, 3.05) is 19.7 Å². The lowest BCUT2D eigenvalue weighted by molar-refractivity contribution is -0.135. The number of carbonyl (C=O) groups excluding carboxylic acids is 2. The molecule has 1 amide bonds. The first-order valence-corrected chi connectivity index (χ1v) is 9.05. The largest absolute Gasteiger partial charge is 0.451 e. The second kappa shape index (κ2) is 7.77. The molecule has 126 valence electrons. The summed E-state index contributed by atoms with van der Waals surface area (Å²) in [5.74, 6) is -0.724. The number of thiazole rings is 1. The molecule has 0 radical (unpaired) electrons. The molecule has 2 heterocycles. The molecule has 0 atom stereocenters. The van der Waals surface area contributed by atoms with E-state index in [1.165, 1.54) is 11.3 Å². The number of ether oxygens (including phenoxy) is 1. The van der Waals surface area contributed by atoms with E-state index in [0.717, 1.165) is 37.9 Å². The van der Waals surface area contributed by atoms with Crippen LogP contribution < -0.4 is 0 Å². The number of benzene rings is 1. The standard InChI is InChI=1S/C17H17ClN2O3S/c18-13-6-4-5-12(9-13)16-19-14(11-24-16)17(22)23-10-15(21)20-7-2-1-3-8-20/h4-6,9,11H,1-3,7-8,10H2. The molecule has 3 rings (SSSR count). The normalized spacial score (nSPS) is 14.5. The molecule has 5 nitrogen and oxygen atoms in total. The van der Waals surface area contributed by atoms with Gasteiger partial charge in [-0.25, -0.2) is 9.78 Å². The lowest BCUT2D eigenvalue weighted by atomic mass is 10.1. The molecule has 0 bridgehead atoms. The first-order chi connectivity index (χ1) is 11.6. The Morgan fingerprint density at radius 1 is 1.25 bits per heavy atom. The highest BCUT2D eigenvalue weighted by molar-refractivity contribution is 7.13. The minimum Gasteiger partial charge on any atom is -0.451 e. The third kappa shape index (κ3) is 4.13. The van der Waals surface area contributed by atoms with Gasteiger partial charge in [-0.15, -0.1) is 11.3 Å². The average Bonchev–Trinajstić information content (AvgIpc) is 3.10. The van der Waals surface area contributed by atoms with Crippen molar-refractivity contribution in [1.82, 2.24) is 9.88 Å². The summed E-state index contributed by atoms with van der Waals surface area (Å²) in [7, 11) is 0. The number of halogens is 1. The number of piperidine rings is 1. The molecule has 1 aromatic heterocycles. The fourth-order valence-electron chi connectivity index (χ4n) is 2.56. The topological polar surface area (TPSA) is 59.5 Å². The highest BCUT2D eigenvalue weighted by atomic mass is 35.5. The van der Waals surface area contributed by atoms with Crippen molar-refractivity contribution >= 4 is 34.8 Å². The van der Waals surface area contributed by atoms with Crippen molar-refractivity contribution in [3.05, 3.63) is 40.4 Å². The zero-order valence-corrected chi connectivity index (χ0v) is 14.6. The minimum atomic E-state index is -0.579. The summed E-state index contributed by atoms with van der Waals surface area (Å²) in [5.41, 5.74) is 1.05. The Labute approximate surface area is 149 Å². The molecule has 1 aromatic carbocycles. The highest BCUT2D eigenvalue weighted by Gasteiger charge is 2.19. The zero-order valence-electron chi connectivity index (χ0n) is 13.0. The molecule has 1 saturated heterocycles. The molecule has 0 unspecified atom stereocenters. The first-order valence-electron chi connectivity index (χ1n) is 7.80. The molecule has 2 aromatic rings. The quantitative estimate of drug-likeness (QED) is 0.777. The maximum atomic E-state index is 12.1. The second-order valence-electron chi connectivity index (χ2n) is 5.57. The minimum absolute atomic E-state index is 0.145. The molecular weight excluding hydrogens is 348 g/mol. The van der Waals surface area contributed by atoms with E-state index in [9.17, 15) is 9.59 Å². The Balaban J connectivity index is 1.58. The van der Waals surface area contributed by atoms with Gasteiger partial charge in [-0.2, -0.15) is 0 Å². The van der Waals surface area contributed by atoms with Gasteiger partial charge in [-0.3, -0.25) is 4.79 Å². The van der Waals surface area contributed by atoms with E-state index in [2.05, 4.69) is 4.98 Å². The van der Waals surface area contributed by atoms with Gasteiger partial charge < -0.3 is 9.64 Å². The number of likely N-dealkylation sites (tertiary alicyclic amines) is 1. The maximum Gasteiger partial charge on any atom is 0.358 e. The Kier molecular flexibility index (Phi) is 5.48. The number of amides is 1. The third-order valence-electron chi connectivity index (χ3n) is 3.82. The van der Waals surface area contributed by atoms with Crippen LogP contribution in [0.4, 0.5) is 0 Å². The average molecular weight is 365 g/mol. The van der Waals surface area contributed by atoms with E-state index in [4.69, 9.17) is 16.3 Å². The molecule has 0 saturated carbocycles. The molecule has 0 N–H and O–H groups in total. The van der Waals surface area contributed by atoms with E-state index in [-0.39, 0.29) is 18.2 Å². The lowest BCUT2D eigenvalue weighted by Gasteiger charge is -2.26. The van der Waals surface area contributed by atoms with Crippen LogP contribution in [0.1, 0.15) is 29.8 Å². The number of carbonyl (C=O) groups is 2. The summed E-state index contributed by atoms with van der Waals surface area (Å²) in [6.07, 6.45) is 3.16. The summed E-state index contributed by atoms with van der Waals surface area (Å²) in [5, 5.41) is 2.93. The number of nitrogens with zero attached hydrogens (tertiary/aromatic N) is 2. The van der Waals surface area contributed by atoms with Gasteiger partial charge in [0.15, 0.2) is 12.3 Å². The SMILES string of the molecule is O=C(OCC(=O)N1CCCCC1)c1csc(-c2cccc(Cl)c2)n1. The van der Waals surface area contributed by atoms with Crippen molar-refractivity contribution in [3.8, 4) is 10.6 Å². The summed E-state index contributed by atoms with van der Waals surface area (Å²) in [6.45, 7) is 1.25. The molecule has 1 aliphatic heterocycles. The number of hydrogen-bond acceptors (Lipinski definition) is 5. The van der Waals surface area contributed by atoms with Gasteiger partial charge in [0.25, 0.3) is 5.91 Å². The van der Waals surface area contributed by atoms with Crippen LogP contribution in [-0.2, 0) is 9.53 Å². The van der Waals surface area contributed by atoms with Crippen molar-refractivity contribution in [1.29, 1.82) is 0 Å². The Morgan fingerprint density at radius 3 is 2.79 bits per heavy atom. The van der Waals surface area contributed by atoms with Crippen LogP contribution in [0.2, 0.25) is 5.02 Å². The molecule has 0 spiro atoms. The summed E-state index contributed by atoms with van der Waals surface area (Å²) >= 11 is 7.30. The van der Waals surface area contributed by atoms with Crippen molar-refractivity contribution in [2.24, 2.45) is 0 Å². The molecule has 7 heteroatoms. The van der Waals surface area contributed by atoms with Crippen LogP contribution in [0.3, 0.4) is 0 Å². The van der Waals surface area contributed by atoms with Crippen molar-refractivity contribution in [3.63, 3.8) is 0 Å². The molecule has 1 aliphatic rings. The van der Waals surface area contributed by atoms with Gasteiger partial charge in [-0.1, -0.05) is 23.7 Å². The smallest absolute Gasteiger partial charge is 0.358 e. The zero-order chi connectivity index (χ0) is 16.9. The van der Waals surface area contributed by atoms with Crippen LogP contribution in [0.5, 0.6) is 0 Å². The highest BCUT2D eigenvalue weighted by Crippen LogP contribution is 2.26. The fraction of sp³-hybridized carbons (Fsp3) is 0.353. The number of hydrogen-bond donors (Lipinski definition) is 0. The van der Waals surface area contributed by atoms with Gasteiger partial charge in [0.2, 0.25) is 0 Å². The maximum absolute atomic E-state index is 12.1. The molecule has 0 aliphatic carbocycles. The fourth-order valence-corrected chi connectivity index (χ4v) is 3.53. The summed E-state index contributed by atoms with van der Waals surface area (Å²) < 4.78 is 5.10.